The molecule has 0 bridgehead atoms. The fourth-order valence-electron chi connectivity index (χ4n) is 4.20. The maximum atomic E-state index is 13.6. The van der Waals surface area contributed by atoms with E-state index < -0.39 is 0 Å². The van der Waals surface area contributed by atoms with Gasteiger partial charge < -0.3 is 14.4 Å². The summed E-state index contributed by atoms with van der Waals surface area (Å²) in [7, 11) is 1.61. The molecular formula is C26H29N3O4. The van der Waals surface area contributed by atoms with Crippen molar-refractivity contribution in [2.75, 3.05) is 26.8 Å². The van der Waals surface area contributed by atoms with Crippen molar-refractivity contribution >= 4 is 11.9 Å². The van der Waals surface area contributed by atoms with Gasteiger partial charge in [-0.2, -0.15) is 5.10 Å². The second kappa shape index (κ2) is 10.3. The third-order valence-electron chi connectivity index (χ3n) is 5.85. The normalized spacial score (nSPS) is 15.8. The first kappa shape index (κ1) is 22.6. The quantitative estimate of drug-likeness (QED) is 0.512. The smallest absolute Gasteiger partial charge is 0.310 e. The van der Waals surface area contributed by atoms with Gasteiger partial charge in [0.05, 0.1) is 31.7 Å². The Bertz CT molecular complexity index is 1110. The molecule has 1 amide bonds. The zero-order chi connectivity index (χ0) is 23.2. The molecule has 0 radical (unpaired) electrons. The fraction of sp³-hybridized carbons (Fsp3) is 0.346. The molecule has 0 unspecified atom stereocenters. The second-order valence-corrected chi connectivity index (χ2v) is 8.15. The molecule has 0 aliphatic carbocycles. The lowest BCUT2D eigenvalue weighted by atomic mass is 9.97. The topological polar surface area (TPSA) is 73.7 Å². The van der Waals surface area contributed by atoms with Gasteiger partial charge in [-0.1, -0.05) is 42.5 Å². The Morgan fingerprint density at radius 3 is 2.70 bits per heavy atom. The van der Waals surface area contributed by atoms with Crippen LogP contribution in [0.1, 0.15) is 35.7 Å². The summed E-state index contributed by atoms with van der Waals surface area (Å²) in [5, 5.41) is 4.77. The number of methoxy groups -OCH3 is 1. The average molecular weight is 448 g/mol. The molecule has 2 aromatic carbocycles. The molecule has 0 N–H and O–H groups in total. The van der Waals surface area contributed by atoms with Crippen LogP contribution in [0.3, 0.4) is 0 Å². The van der Waals surface area contributed by atoms with Crippen LogP contribution in [0, 0.1) is 5.92 Å². The summed E-state index contributed by atoms with van der Waals surface area (Å²) >= 11 is 0. The summed E-state index contributed by atoms with van der Waals surface area (Å²) in [6.45, 7) is 3.66. The number of piperidine rings is 1. The van der Waals surface area contributed by atoms with Crippen molar-refractivity contribution < 1.29 is 19.1 Å². The number of benzene rings is 2. The highest BCUT2D eigenvalue weighted by Gasteiger charge is 2.31. The monoisotopic (exact) mass is 447 g/mol. The molecule has 7 nitrogen and oxygen atoms in total. The lowest BCUT2D eigenvalue weighted by Crippen LogP contribution is -2.42. The molecule has 1 aromatic heterocycles. The van der Waals surface area contributed by atoms with Crippen molar-refractivity contribution in [2.45, 2.75) is 26.3 Å². The predicted octanol–water partition coefficient (Wildman–Crippen LogP) is 4.02. The number of carbonyl (C=O) groups is 2. The number of ether oxygens (including phenoxy) is 2. The molecule has 1 saturated heterocycles. The van der Waals surface area contributed by atoms with Crippen LogP contribution in [-0.2, 0) is 16.1 Å². The minimum Gasteiger partial charge on any atom is -0.497 e. The van der Waals surface area contributed by atoms with Crippen LogP contribution in [0.25, 0.3) is 11.3 Å². The number of rotatable bonds is 7. The number of hydrogen-bond acceptors (Lipinski definition) is 5. The van der Waals surface area contributed by atoms with Gasteiger partial charge in [-0.3, -0.25) is 14.3 Å². The maximum absolute atomic E-state index is 13.6. The largest absolute Gasteiger partial charge is 0.497 e. The fourth-order valence-corrected chi connectivity index (χ4v) is 4.20. The number of esters is 1. The number of aromatic nitrogens is 2. The van der Waals surface area contributed by atoms with Gasteiger partial charge in [0.25, 0.3) is 5.91 Å². The van der Waals surface area contributed by atoms with Crippen LogP contribution in [0.5, 0.6) is 5.75 Å². The SMILES string of the molecule is CCOC(=O)[C@H]1CCCN(C(=O)c2cn(Cc3ccccc3)nc2-c2cccc(OC)c2)C1. The molecule has 3 aromatic rings. The van der Waals surface area contributed by atoms with Gasteiger partial charge in [0.15, 0.2) is 0 Å². The standard InChI is InChI=1S/C26H29N3O4/c1-3-33-26(31)21-12-8-14-28(17-21)25(30)23-18-29(16-19-9-5-4-6-10-19)27-24(23)20-11-7-13-22(15-20)32-2/h4-7,9-11,13,15,18,21H,3,8,12,14,16-17H2,1-2H3/t21-/m0/s1. The summed E-state index contributed by atoms with van der Waals surface area (Å²) in [6, 6.07) is 17.5. The first-order valence-corrected chi connectivity index (χ1v) is 11.3. The van der Waals surface area contributed by atoms with Gasteiger partial charge >= 0.3 is 5.97 Å². The third kappa shape index (κ3) is 5.25. The van der Waals surface area contributed by atoms with E-state index in [0.29, 0.717) is 43.2 Å². The average Bonchev–Trinajstić information content (AvgIpc) is 3.28. The van der Waals surface area contributed by atoms with Crippen LogP contribution in [0.2, 0.25) is 0 Å². The van der Waals surface area contributed by atoms with Crippen molar-refractivity contribution in [2.24, 2.45) is 5.92 Å². The van der Waals surface area contributed by atoms with E-state index in [9.17, 15) is 9.59 Å². The summed E-state index contributed by atoms with van der Waals surface area (Å²) < 4.78 is 12.4. The van der Waals surface area contributed by atoms with Crippen LogP contribution in [0.4, 0.5) is 0 Å². The number of hydrogen-bond donors (Lipinski definition) is 0. The number of nitrogens with zero attached hydrogens (tertiary/aromatic N) is 3. The van der Waals surface area contributed by atoms with Gasteiger partial charge in [0, 0.05) is 24.8 Å². The highest BCUT2D eigenvalue weighted by atomic mass is 16.5. The first-order chi connectivity index (χ1) is 16.1. The van der Waals surface area contributed by atoms with Gasteiger partial charge in [0.1, 0.15) is 11.4 Å². The van der Waals surface area contributed by atoms with E-state index >= 15 is 0 Å². The van der Waals surface area contributed by atoms with E-state index in [-0.39, 0.29) is 17.8 Å². The summed E-state index contributed by atoms with van der Waals surface area (Å²) in [5.74, 6) is 0.0510. The highest BCUT2D eigenvalue weighted by Crippen LogP contribution is 2.28. The molecule has 1 fully saturated rings. The first-order valence-electron chi connectivity index (χ1n) is 11.3. The van der Waals surface area contributed by atoms with Gasteiger partial charge in [-0.25, -0.2) is 0 Å². The molecule has 33 heavy (non-hydrogen) atoms. The third-order valence-corrected chi connectivity index (χ3v) is 5.85. The number of amides is 1. The van der Waals surface area contributed by atoms with E-state index in [4.69, 9.17) is 14.6 Å². The summed E-state index contributed by atoms with van der Waals surface area (Å²) in [6.07, 6.45) is 3.30. The van der Waals surface area contributed by atoms with Crippen LogP contribution in [-0.4, -0.2) is 53.4 Å². The van der Waals surface area contributed by atoms with Gasteiger partial charge in [-0.05, 0) is 37.5 Å². The van der Waals surface area contributed by atoms with Gasteiger partial charge in [0.2, 0.25) is 0 Å². The van der Waals surface area contributed by atoms with E-state index in [1.165, 1.54) is 0 Å². The zero-order valence-electron chi connectivity index (χ0n) is 19.1. The Morgan fingerprint density at radius 1 is 1.12 bits per heavy atom. The van der Waals surface area contributed by atoms with E-state index in [1.807, 2.05) is 54.6 Å². The molecule has 1 aliphatic rings. The Kier molecular flexibility index (Phi) is 7.07. The zero-order valence-corrected chi connectivity index (χ0v) is 19.1. The molecule has 7 heteroatoms. The minimum absolute atomic E-state index is 0.124. The molecule has 0 spiro atoms. The molecule has 1 atom stereocenters. The van der Waals surface area contributed by atoms with Crippen LogP contribution < -0.4 is 4.74 Å². The maximum Gasteiger partial charge on any atom is 0.310 e. The van der Waals surface area contributed by atoms with Gasteiger partial charge in [-0.15, -0.1) is 0 Å². The lowest BCUT2D eigenvalue weighted by Gasteiger charge is -2.31. The number of carbonyl (C=O) groups excluding carboxylic acids is 2. The molecule has 0 saturated carbocycles. The Morgan fingerprint density at radius 2 is 1.94 bits per heavy atom. The Balaban J connectivity index is 1.66. The van der Waals surface area contributed by atoms with Crippen molar-refractivity contribution in [3.63, 3.8) is 0 Å². The van der Waals surface area contributed by atoms with Crippen LogP contribution >= 0.6 is 0 Å². The molecule has 172 valence electrons. The van der Waals surface area contributed by atoms with Crippen molar-refractivity contribution in [3.8, 4) is 17.0 Å². The summed E-state index contributed by atoms with van der Waals surface area (Å²) in [5.41, 5.74) is 3.02. The molecule has 2 heterocycles. The lowest BCUT2D eigenvalue weighted by molar-refractivity contribution is -0.149. The number of likely N-dealkylation sites (tertiary alicyclic amines) is 1. The van der Waals surface area contributed by atoms with Crippen molar-refractivity contribution in [1.82, 2.24) is 14.7 Å². The minimum atomic E-state index is -0.290. The highest BCUT2D eigenvalue weighted by molar-refractivity contribution is 6.00. The second-order valence-electron chi connectivity index (χ2n) is 8.15. The molecule has 1 aliphatic heterocycles. The predicted molar refractivity (Wildman–Crippen MR) is 125 cm³/mol. The molecular weight excluding hydrogens is 418 g/mol. The van der Waals surface area contributed by atoms with Crippen LogP contribution in [0.15, 0.2) is 60.8 Å². The Labute approximate surface area is 193 Å². The van der Waals surface area contributed by atoms with E-state index in [2.05, 4.69) is 0 Å². The summed E-state index contributed by atoms with van der Waals surface area (Å²) in [4.78, 5) is 27.7. The van der Waals surface area contributed by atoms with Crippen molar-refractivity contribution in [1.29, 1.82) is 0 Å². The Hall–Kier alpha value is -3.61. The van der Waals surface area contributed by atoms with E-state index in [0.717, 1.165) is 24.0 Å². The van der Waals surface area contributed by atoms with E-state index in [1.54, 1.807) is 29.8 Å². The van der Waals surface area contributed by atoms with Crippen molar-refractivity contribution in [3.05, 3.63) is 71.9 Å². The molecule has 4 rings (SSSR count).